The maximum atomic E-state index is 12.9. The van der Waals surface area contributed by atoms with E-state index in [2.05, 4.69) is 0 Å². The van der Waals surface area contributed by atoms with Gasteiger partial charge in [-0.2, -0.15) is 0 Å². The number of hydrogen-bond acceptors (Lipinski definition) is 3. The van der Waals surface area contributed by atoms with Crippen molar-refractivity contribution in [3.63, 3.8) is 0 Å². The Bertz CT molecular complexity index is 413. The first-order chi connectivity index (χ1) is 8.35. The van der Waals surface area contributed by atoms with Crippen molar-refractivity contribution in [2.75, 3.05) is 6.54 Å². The van der Waals surface area contributed by atoms with Gasteiger partial charge in [-0.05, 0) is 69.6 Å². The van der Waals surface area contributed by atoms with Crippen molar-refractivity contribution in [2.45, 2.75) is 55.9 Å². The first-order valence-electron chi connectivity index (χ1n) is 7.28. The van der Waals surface area contributed by atoms with Crippen LogP contribution in [0.3, 0.4) is 0 Å². The Kier molecular flexibility index (Phi) is 2.84. The van der Waals surface area contributed by atoms with E-state index in [1.54, 1.807) is 13.8 Å². The molecule has 0 atom stereocenters. The largest absolute Gasteiger partial charge is 0.329 e. The minimum atomic E-state index is -3.10. The summed E-state index contributed by atoms with van der Waals surface area (Å²) in [6, 6.07) is 0. The van der Waals surface area contributed by atoms with Crippen LogP contribution in [0, 0.1) is 23.7 Å². The molecule has 4 bridgehead atoms. The number of hydrogen-bond donors (Lipinski definition) is 1. The molecular formula is C14H25NO2S. The maximum Gasteiger partial charge on any atom is 0.160 e. The average molecular weight is 271 g/mol. The zero-order chi connectivity index (χ0) is 13.1. The normalized spacial score (nSPS) is 43.4. The van der Waals surface area contributed by atoms with Gasteiger partial charge in [0, 0.05) is 6.54 Å². The van der Waals surface area contributed by atoms with Crippen molar-refractivity contribution in [2.24, 2.45) is 29.4 Å². The summed E-state index contributed by atoms with van der Waals surface area (Å²) in [6.45, 7) is 3.83. The van der Waals surface area contributed by atoms with Gasteiger partial charge in [-0.25, -0.2) is 8.42 Å². The van der Waals surface area contributed by atoms with E-state index in [0.717, 1.165) is 37.5 Å². The monoisotopic (exact) mass is 271 g/mol. The van der Waals surface area contributed by atoms with E-state index in [9.17, 15) is 8.42 Å². The predicted molar refractivity (Wildman–Crippen MR) is 72.9 cm³/mol. The first-order valence-corrected chi connectivity index (χ1v) is 8.83. The second kappa shape index (κ2) is 3.95. The molecule has 0 aromatic heterocycles. The third kappa shape index (κ3) is 1.68. The molecule has 4 saturated carbocycles. The van der Waals surface area contributed by atoms with Crippen LogP contribution < -0.4 is 5.73 Å². The maximum absolute atomic E-state index is 12.9. The van der Waals surface area contributed by atoms with Crippen molar-refractivity contribution in [1.82, 2.24) is 0 Å². The van der Waals surface area contributed by atoms with Gasteiger partial charge in [0.25, 0.3) is 0 Å². The van der Waals surface area contributed by atoms with Crippen LogP contribution in [0.4, 0.5) is 0 Å². The van der Waals surface area contributed by atoms with Crippen LogP contribution in [0.1, 0.15) is 46.0 Å². The lowest BCUT2D eigenvalue weighted by Crippen LogP contribution is -2.57. The molecule has 18 heavy (non-hydrogen) atoms. The summed E-state index contributed by atoms with van der Waals surface area (Å²) in [5, 5.41) is -0.0937. The Morgan fingerprint density at radius 1 is 1.00 bits per heavy atom. The summed E-state index contributed by atoms with van der Waals surface area (Å²) < 4.78 is 25.0. The van der Waals surface area contributed by atoms with E-state index in [4.69, 9.17) is 5.73 Å². The molecule has 4 heteroatoms. The van der Waals surface area contributed by atoms with Crippen molar-refractivity contribution in [1.29, 1.82) is 0 Å². The fourth-order valence-electron chi connectivity index (χ4n) is 4.87. The molecule has 4 rings (SSSR count). The van der Waals surface area contributed by atoms with E-state index >= 15 is 0 Å². The molecule has 3 nitrogen and oxygen atoms in total. The fraction of sp³-hybridized carbons (Fsp3) is 1.00. The van der Waals surface area contributed by atoms with Crippen LogP contribution in [0.2, 0.25) is 0 Å². The topological polar surface area (TPSA) is 60.2 Å². The van der Waals surface area contributed by atoms with Crippen LogP contribution in [0.5, 0.6) is 0 Å². The predicted octanol–water partition coefficient (Wildman–Crippen LogP) is 1.96. The zero-order valence-corrected chi connectivity index (χ0v) is 12.2. The smallest absolute Gasteiger partial charge is 0.160 e. The number of sulfone groups is 1. The molecule has 0 radical (unpaired) electrons. The van der Waals surface area contributed by atoms with Crippen LogP contribution in [0.15, 0.2) is 0 Å². The highest BCUT2D eigenvalue weighted by Crippen LogP contribution is 2.56. The van der Waals surface area contributed by atoms with Crippen LogP contribution >= 0.6 is 0 Å². The molecule has 4 aliphatic rings. The lowest BCUT2D eigenvalue weighted by Gasteiger charge is -2.55. The highest BCUT2D eigenvalue weighted by molar-refractivity contribution is 7.93. The van der Waals surface area contributed by atoms with Gasteiger partial charge in [0.2, 0.25) is 0 Å². The number of nitrogens with two attached hydrogens (primary N) is 1. The molecule has 4 fully saturated rings. The summed E-state index contributed by atoms with van der Waals surface area (Å²) in [4.78, 5) is 0. The molecular weight excluding hydrogens is 246 g/mol. The average Bonchev–Trinajstić information content (AvgIpc) is 2.26. The summed E-state index contributed by atoms with van der Waals surface area (Å²) in [5.41, 5.74) is 5.71. The lowest BCUT2D eigenvalue weighted by atomic mass is 9.56. The summed E-state index contributed by atoms with van der Waals surface area (Å²) in [7, 11) is -3.10. The van der Waals surface area contributed by atoms with Crippen molar-refractivity contribution < 1.29 is 8.42 Å². The molecule has 0 unspecified atom stereocenters. The zero-order valence-electron chi connectivity index (χ0n) is 11.4. The molecule has 2 N–H and O–H groups in total. The summed E-state index contributed by atoms with van der Waals surface area (Å²) >= 11 is 0. The third-order valence-electron chi connectivity index (χ3n) is 5.76. The number of rotatable bonds is 3. The van der Waals surface area contributed by atoms with E-state index in [0.29, 0.717) is 11.8 Å². The summed E-state index contributed by atoms with van der Waals surface area (Å²) in [5.74, 6) is 2.49. The molecule has 104 valence electrons. The van der Waals surface area contributed by atoms with Crippen LogP contribution in [-0.4, -0.2) is 25.0 Å². The molecule has 0 aromatic carbocycles. The van der Waals surface area contributed by atoms with Gasteiger partial charge in [-0.3, -0.25) is 0 Å². The van der Waals surface area contributed by atoms with E-state index < -0.39 is 14.6 Å². The Labute approximate surface area is 110 Å². The van der Waals surface area contributed by atoms with Gasteiger partial charge in [0.1, 0.15) is 0 Å². The van der Waals surface area contributed by atoms with Gasteiger partial charge in [0.15, 0.2) is 9.84 Å². The Balaban J connectivity index is 1.94. The van der Waals surface area contributed by atoms with Crippen molar-refractivity contribution >= 4 is 9.84 Å². The van der Waals surface area contributed by atoms with Crippen LogP contribution in [-0.2, 0) is 9.84 Å². The van der Waals surface area contributed by atoms with Gasteiger partial charge >= 0.3 is 0 Å². The van der Waals surface area contributed by atoms with Gasteiger partial charge < -0.3 is 5.73 Å². The molecule has 0 amide bonds. The fourth-order valence-corrected chi connectivity index (χ4v) is 7.29. The highest BCUT2D eigenvalue weighted by Gasteiger charge is 2.55. The Morgan fingerprint density at radius 3 is 1.83 bits per heavy atom. The highest BCUT2D eigenvalue weighted by atomic mass is 32.2. The standard InChI is InChI=1S/C14H25NO2S/c1-14(2,8-15)18(16,17)13-11-4-9-3-10(6-11)7-12(13)5-9/h9-13H,3-8,15H2,1-2H3. The second-order valence-corrected chi connectivity index (χ2v) is 10.1. The molecule has 0 aromatic rings. The van der Waals surface area contributed by atoms with Crippen molar-refractivity contribution in [3.05, 3.63) is 0 Å². The van der Waals surface area contributed by atoms with Gasteiger partial charge in [0.05, 0.1) is 10.00 Å². The SMILES string of the molecule is CC(C)(CN)S(=O)(=O)C1C2CC3CC(C2)CC1C3. The van der Waals surface area contributed by atoms with Crippen LogP contribution in [0.25, 0.3) is 0 Å². The minimum Gasteiger partial charge on any atom is -0.329 e. The molecule has 4 aliphatic carbocycles. The second-order valence-electron chi connectivity index (χ2n) is 7.40. The van der Waals surface area contributed by atoms with Gasteiger partial charge in [-0.1, -0.05) is 0 Å². The van der Waals surface area contributed by atoms with E-state index in [1.807, 2.05) is 0 Å². The Hall–Kier alpha value is -0.0900. The minimum absolute atomic E-state index is 0.0937. The third-order valence-corrected chi connectivity index (χ3v) is 8.95. The molecule has 0 aliphatic heterocycles. The van der Waals surface area contributed by atoms with E-state index in [-0.39, 0.29) is 11.8 Å². The molecule has 0 saturated heterocycles. The quantitative estimate of drug-likeness (QED) is 0.853. The Morgan fingerprint density at radius 2 is 1.44 bits per heavy atom. The van der Waals surface area contributed by atoms with Gasteiger partial charge in [-0.15, -0.1) is 0 Å². The first kappa shape index (κ1) is 12.9. The molecule has 0 heterocycles. The lowest BCUT2D eigenvalue weighted by molar-refractivity contribution is 0.0231. The molecule has 0 spiro atoms. The van der Waals surface area contributed by atoms with Crippen molar-refractivity contribution in [3.8, 4) is 0 Å². The summed E-state index contributed by atoms with van der Waals surface area (Å²) in [6.07, 6.45) is 5.96. The van der Waals surface area contributed by atoms with E-state index in [1.165, 1.54) is 6.42 Å².